The Balaban J connectivity index is 1.91. The van der Waals surface area contributed by atoms with Gasteiger partial charge in [0, 0.05) is 17.0 Å². The molecule has 1 atom stereocenters. The molecule has 1 aromatic rings. The topological polar surface area (TPSA) is 41.1 Å². The van der Waals surface area contributed by atoms with Crippen LogP contribution in [-0.2, 0) is 4.79 Å². The molecule has 1 fully saturated rings. The predicted molar refractivity (Wildman–Crippen MR) is 75.7 cm³/mol. The molecular formula is C14H22N2OS. The zero-order chi connectivity index (χ0) is 13.2. The van der Waals surface area contributed by atoms with Gasteiger partial charge in [-0.1, -0.05) is 26.8 Å². The Morgan fingerprint density at radius 3 is 2.72 bits per heavy atom. The lowest BCUT2D eigenvalue weighted by Crippen LogP contribution is -2.40. The van der Waals surface area contributed by atoms with Crippen LogP contribution in [0.1, 0.15) is 44.5 Å². The summed E-state index contributed by atoms with van der Waals surface area (Å²) < 4.78 is 0. The molecule has 0 aliphatic heterocycles. The minimum atomic E-state index is 0.102. The van der Waals surface area contributed by atoms with Gasteiger partial charge in [-0.05, 0) is 29.7 Å². The maximum absolute atomic E-state index is 11.7. The molecule has 1 aromatic heterocycles. The molecule has 4 heteroatoms. The van der Waals surface area contributed by atoms with Gasteiger partial charge >= 0.3 is 0 Å². The third-order valence-electron chi connectivity index (χ3n) is 3.10. The minimum Gasteiger partial charge on any atom is -0.352 e. The smallest absolute Gasteiger partial charge is 0.234 e. The van der Waals surface area contributed by atoms with Crippen LogP contribution in [0.25, 0.3) is 0 Å². The van der Waals surface area contributed by atoms with Crippen molar-refractivity contribution in [2.45, 2.75) is 45.7 Å². The molecule has 100 valence electrons. The fourth-order valence-electron chi connectivity index (χ4n) is 1.99. The Bertz CT molecular complexity index is 390. The Hall–Kier alpha value is -0.870. The summed E-state index contributed by atoms with van der Waals surface area (Å²) in [6, 6.07) is 4.86. The first-order valence-corrected chi connectivity index (χ1v) is 7.41. The lowest BCUT2D eigenvalue weighted by molar-refractivity contribution is -0.120. The van der Waals surface area contributed by atoms with E-state index in [9.17, 15) is 4.79 Å². The van der Waals surface area contributed by atoms with E-state index in [1.165, 1.54) is 4.88 Å². The Morgan fingerprint density at radius 2 is 2.22 bits per heavy atom. The summed E-state index contributed by atoms with van der Waals surface area (Å²) in [5.74, 6) is 0.114. The molecule has 18 heavy (non-hydrogen) atoms. The number of thiophene rings is 1. The predicted octanol–water partition coefficient (Wildman–Crippen LogP) is 2.70. The summed E-state index contributed by atoms with van der Waals surface area (Å²) in [6.45, 7) is 6.99. The highest BCUT2D eigenvalue weighted by molar-refractivity contribution is 7.10. The number of amides is 1. The van der Waals surface area contributed by atoms with Crippen LogP contribution in [0.4, 0.5) is 0 Å². The molecule has 1 heterocycles. The van der Waals surface area contributed by atoms with Crippen molar-refractivity contribution in [2.24, 2.45) is 5.41 Å². The molecule has 1 aliphatic rings. The molecule has 0 spiro atoms. The number of carbonyl (C=O) groups is 1. The van der Waals surface area contributed by atoms with Gasteiger partial charge in [0.15, 0.2) is 0 Å². The highest BCUT2D eigenvalue weighted by Gasteiger charge is 2.28. The van der Waals surface area contributed by atoms with Crippen molar-refractivity contribution in [1.82, 2.24) is 10.6 Å². The van der Waals surface area contributed by atoms with Crippen molar-refractivity contribution in [3.63, 3.8) is 0 Å². The first-order valence-electron chi connectivity index (χ1n) is 6.53. The van der Waals surface area contributed by atoms with Crippen LogP contribution >= 0.6 is 11.3 Å². The number of carbonyl (C=O) groups excluding carboxylic acids is 1. The van der Waals surface area contributed by atoms with Crippen molar-refractivity contribution < 1.29 is 4.79 Å². The molecular weight excluding hydrogens is 244 g/mol. The van der Waals surface area contributed by atoms with Crippen LogP contribution in [0.5, 0.6) is 0 Å². The third-order valence-corrected chi connectivity index (χ3v) is 4.04. The number of rotatable bonds is 5. The second-order valence-corrected chi connectivity index (χ2v) is 7.02. The monoisotopic (exact) mass is 266 g/mol. The van der Waals surface area contributed by atoms with E-state index in [0.29, 0.717) is 12.6 Å². The lowest BCUT2D eigenvalue weighted by Gasteiger charge is -2.30. The van der Waals surface area contributed by atoms with E-state index in [-0.39, 0.29) is 17.4 Å². The maximum atomic E-state index is 11.7. The van der Waals surface area contributed by atoms with Crippen molar-refractivity contribution in [3.05, 3.63) is 22.4 Å². The van der Waals surface area contributed by atoms with E-state index in [2.05, 4.69) is 48.9 Å². The van der Waals surface area contributed by atoms with Gasteiger partial charge in [0.2, 0.25) is 5.91 Å². The molecule has 1 saturated carbocycles. The van der Waals surface area contributed by atoms with Gasteiger partial charge < -0.3 is 10.6 Å². The van der Waals surface area contributed by atoms with Crippen LogP contribution in [0.15, 0.2) is 17.5 Å². The standard InChI is InChI=1S/C14H22N2OS/c1-14(2,3)13(11-5-4-8-18-11)15-9-12(17)16-10-6-7-10/h4-5,8,10,13,15H,6-7,9H2,1-3H3,(H,16,17). The fourth-order valence-corrected chi connectivity index (χ4v) is 3.03. The van der Waals surface area contributed by atoms with Crippen LogP contribution in [0.2, 0.25) is 0 Å². The molecule has 2 N–H and O–H groups in total. The second-order valence-electron chi connectivity index (χ2n) is 6.04. The summed E-state index contributed by atoms with van der Waals surface area (Å²) in [5, 5.41) is 8.48. The van der Waals surface area contributed by atoms with E-state index in [0.717, 1.165) is 12.8 Å². The molecule has 2 rings (SSSR count). The Kier molecular flexibility index (Phi) is 4.07. The molecule has 3 nitrogen and oxygen atoms in total. The number of hydrogen-bond donors (Lipinski definition) is 2. The maximum Gasteiger partial charge on any atom is 0.234 e. The lowest BCUT2D eigenvalue weighted by atomic mass is 9.86. The summed E-state index contributed by atoms with van der Waals surface area (Å²) in [5.41, 5.74) is 0.102. The van der Waals surface area contributed by atoms with Crippen LogP contribution in [-0.4, -0.2) is 18.5 Å². The van der Waals surface area contributed by atoms with Crippen molar-refractivity contribution in [3.8, 4) is 0 Å². The van der Waals surface area contributed by atoms with E-state index in [1.54, 1.807) is 11.3 Å². The first kappa shape index (κ1) is 13.6. The van der Waals surface area contributed by atoms with Gasteiger partial charge in [0.25, 0.3) is 0 Å². The Labute approximate surface area is 113 Å². The van der Waals surface area contributed by atoms with Gasteiger partial charge in [-0.25, -0.2) is 0 Å². The fraction of sp³-hybridized carbons (Fsp3) is 0.643. The second kappa shape index (κ2) is 5.41. The molecule has 0 bridgehead atoms. The van der Waals surface area contributed by atoms with E-state index < -0.39 is 0 Å². The third kappa shape index (κ3) is 3.82. The van der Waals surface area contributed by atoms with Gasteiger partial charge in [0.05, 0.1) is 6.54 Å². The van der Waals surface area contributed by atoms with E-state index in [1.807, 2.05) is 0 Å². The van der Waals surface area contributed by atoms with Gasteiger partial charge in [-0.3, -0.25) is 4.79 Å². The summed E-state index contributed by atoms with van der Waals surface area (Å²) in [7, 11) is 0. The molecule has 0 saturated heterocycles. The highest BCUT2D eigenvalue weighted by atomic mass is 32.1. The zero-order valence-electron chi connectivity index (χ0n) is 11.3. The van der Waals surface area contributed by atoms with Crippen molar-refractivity contribution in [2.75, 3.05) is 6.54 Å². The average Bonchev–Trinajstić information content (AvgIpc) is 2.91. The van der Waals surface area contributed by atoms with Crippen LogP contribution < -0.4 is 10.6 Å². The molecule has 0 aromatic carbocycles. The molecule has 0 radical (unpaired) electrons. The van der Waals surface area contributed by atoms with Crippen LogP contribution in [0.3, 0.4) is 0 Å². The molecule has 1 unspecified atom stereocenters. The van der Waals surface area contributed by atoms with Crippen LogP contribution in [0, 0.1) is 5.41 Å². The molecule has 1 aliphatic carbocycles. The first-order chi connectivity index (χ1) is 8.47. The van der Waals surface area contributed by atoms with E-state index in [4.69, 9.17) is 0 Å². The van der Waals surface area contributed by atoms with Gasteiger partial charge in [-0.15, -0.1) is 11.3 Å². The number of hydrogen-bond acceptors (Lipinski definition) is 3. The van der Waals surface area contributed by atoms with Crippen molar-refractivity contribution >= 4 is 17.2 Å². The normalized spacial score (nSPS) is 17.5. The van der Waals surface area contributed by atoms with Gasteiger partial charge in [-0.2, -0.15) is 0 Å². The van der Waals surface area contributed by atoms with E-state index >= 15 is 0 Å². The van der Waals surface area contributed by atoms with Gasteiger partial charge in [0.1, 0.15) is 0 Å². The SMILES string of the molecule is CC(C)(C)C(NCC(=O)NC1CC1)c1cccs1. The molecule has 1 amide bonds. The quantitative estimate of drug-likeness (QED) is 0.860. The summed E-state index contributed by atoms with van der Waals surface area (Å²) >= 11 is 1.74. The van der Waals surface area contributed by atoms with Crippen molar-refractivity contribution in [1.29, 1.82) is 0 Å². The Morgan fingerprint density at radius 1 is 1.50 bits per heavy atom. The largest absolute Gasteiger partial charge is 0.352 e. The summed E-state index contributed by atoms with van der Waals surface area (Å²) in [6.07, 6.45) is 2.28. The minimum absolute atomic E-state index is 0.102. The average molecular weight is 266 g/mol. The zero-order valence-corrected chi connectivity index (χ0v) is 12.1. The highest BCUT2D eigenvalue weighted by Crippen LogP contribution is 2.34. The number of nitrogens with one attached hydrogen (secondary N) is 2. The summed E-state index contributed by atoms with van der Waals surface area (Å²) in [4.78, 5) is 13.0.